The first kappa shape index (κ1) is 25.2. The van der Waals surface area contributed by atoms with Gasteiger partial charge in [-0.05, 0) is 29.8 Å². The van der Waals surface area contributed by atoms with Crippen molar-refractivity contribution in [3.63, 3.8) is 0 Å². The van der Waals surface area contributed by atoms with Crippen molar-refractivity contribution < 1.29 is 39.3 Å². The lowest BCUT2D eigenvalue weighted by atomic mass is 9.98. The molecule has 1 heterocycles. The number of carbonyl (C=O) groups excluding carboxylic acids is 2. The van der Waals surface area contributed by atoms with E-state index in [1.54, 1.807) is 30.3 Å². The summed E-state index contributed by atoms with van der Waals surface area (Å²) in [5, 5.41) is 33.2. The first-order valence-corrected chi connectivity index (χ1v) is 10.6. The number of hydrogen-bond donors (Lipinski definition) is 5. The molecular weight excluding hydrogens is 460 g/mol. The smallest absolute Gasteiger partial charge is 0.331 e. The van der Waals surface area contributed by atoms with Gasteiger partial charge in [-0.2, -0.15) is 0 Å². The maximum atomic E-state index is 12.6. The second-order valence-electron chi connectivity index (χ2n) is 7.72. The second-order valence-corrected chi connectivity index (χ2v) is 7.72. The molecule has 0 bridgehead atoms. The van der Waals surface area contributed by atoms with E-state index in [1.165, 1.54) is 24.3 Å². The highest BCUT2D eigenvalue weighted by Gasteiger charge is 2.45. The van der Waals surface area contributed by atoms with Crippen LogP contribution in [-0.2, 0) is 19.2 Å². The fraction of sp³-hybridized carbons (Fsp3) is 0.261. The number of β-lactam (4-membered cyclic amide) rings is 1. The van der Waals surface area contributed by atoms with Gasteiger partial charge in [-0.15, -0.1) is 0 Å². The molecule has 12 heteroatoms. The van der Waals surface area contributed by atoms with Gasteiger partial charge in [-0.1, -0.05) is 35.5 Å². The number of carbonyl (C=O) groups is 4. The van der Waals surface area contributed by atoms with Gasteiger partial charge in [0.15, 0.2) is 11.8 Å². The number of rotatable bonds is 11. The third-order valence-corrected chi connectivity index (χ3v) is 5.38. The second kappa shape index (κ2) is 11.1. The summed E-state index contributed by atoms with van der Waals surface area (Å²) >= 11 is 0. The molecule has 0 aliphatic carbocycles. The fourth-order valence-electron chi connectivity index (χ4n) is 3.48. The van der Waals surface area contributed by atoms with Crippen LogP contribution in [0, 0.1) is 0 Å². The van der Waals surface area contributed by atoms with Crippen LogP contribution in [-0.4, -0.2) is 75.0 Å². The van der Waals surface area contributed by atoms with Gasteiger partial charge in [0.05, 0.1) is 13.2 Å². The van der Waals surface area contributed by atoms with Crippen molar-refractivity contribution in [3.8, 4) is 5.75 Å². The molecule has 0 saturated carbocycles. The molecule has 12 nitrogen and oxygen atoms in total. The molecule has 184 valence electrons. The van der Waals surface area contributed by atoms with Crippen LogP contribution in [0.15, 0.2) is 59.8 Å². The van der Waals surface area contributed by atoms with Crippen molar-refractivity contribution in [3.05, 3.63) is 65.7 Å². The molecule has 2 aromatic rings. The Morgan fingerprint density at radius 3 is 2.29 bits per heavy atom. The number of carboxylic acid groups (broad SMARTS) is 2. The number of likely N-dealkylation sites (tertiary alicyclic amines) is 1. The van der Waals surface area contributed by atoms with Gasteiger partial charge < -0.3 is 36.1 Å². The molecule has 1 aliphatic rings. The number of amides is 2. The number of aliphatic carboxylic acids is 2. The third kappa shape index (κ3) is 5.92. The number of ether oxygens (including phenoxy) is 1. The van der Waals surface area contributed by atoms with Crippen LogP contribution in [0.25, 0.3) is 0 Å². The molecule has 1 aliphatic heterocycles. The molecule has 35 heavy (non-hydrogen) atoms. The van der Waals surface area contributed by atoms with E-state index in [0.717, 1.165) is 4.90 Å². The summed E-state index contributed by atoms with van der Waals surface area (Å²) < 4.78 is 5.41. The van der Waals surface area contributed by atoms with Gasteiger partial charge in [0.25, 0.3) is 5.91 Å². The zero-order valence-electron chi connectivity index (χ0n) is 18.4. The Hall–Kier alpha value is -4.45. The van der Waals surface area contributed by atoms with E-state index in [4.69, 9.17) is 15.6 Å². The minimum atomic E-state index is -1.20. The molecule has 1 saturated heterocycles. The lowest BCUT2D eigenvalue weighted by molar-refractivity contribution is -0.160. The van der Waals surface area contributed by atoms with Crippen LogP contribution < -0.4 is 15.8 Å². The summed E-state index contributed by atoms with van der Waals surface area (Å²) in [4.78, 5) is 48.8. The number of carboxylic acids is 2. The van der Waals surface area contributed by atoms with Crippen LogP contribution >= 0.6 is 0 Å². The van der Waals surface area contributed by atoms with Crippen molar-refractivity contribution in [2.75, 3.05) is 13.2 Å². The molecule has 3 unspecified atom stereocenters. The van der Waals surface area contributed by atoms with E-state index in [1.807, 2.05) is 0 Å². The van der Waals surface area contributed by atoms with Crippen LogP contribution in [0.1, 0.15) is 23.6 Å². The molecule has 3 rings (SSSR count). The highest BCUT2D eigenvalue weighted by molar-refractivity contribution is 6.45. The Balaban J connectivity index is 1.58. The zero-order valence-corrected chi connectivity index (χ0v) is 18.4. The van der Waals surface area contributed by atoms with Gasteiger partial charge in [-0.3, -0.25) is 14.4 Å². The van der Waals surface area contributed by atoms with E-state index >= 15 is 0 Å². The fourth-order valence-corrected chi connectivity index (χ4v) is 3.48. The Labute approximate surface area is 199 Å². The molecule has 0 spiro atoms. The Morgan fingerprint density at radius 1 is 1.09 bits per heavy atom. The van der Waals surface area contributed by atoms with E-state index in [2.05, 4.69) is 10.5 Å². The number of nitrogens with two attached hydrogens (primary N) is 1. The monoisotopic (exact) mass is 484 g/mol. The molecule has 6 N–H and O–H groups in total. The van der Waals surface area contributed by atoms with Crippen molar-refractivity contribution in [1.29, 1.82) is 0 Å². The summed E-state index contributed by atoms with van der Waals surface area (Å²) in [5.41, 5.74) is 5.72. The highest BCUT2D eigenvalue weighted by atomic mass is 16.5. The van der Waals surface area contributed by atoms with Crippen molar-refractivity contribution in [2.45, 2.75) is 24.5 Å². The average molecular weight is 484 g/mol. The van der Waals surface area contributed by atoms with Gasteiger partial charge in [0.1, 0.15) is 17.8 Å². The summed E-state index contributed by atoms with van der Waals surface area (Å²) in [6, 6.07) is 11.0. The number of benzene rings is 2. The lowest BCUT2D eigenvalue weighted by Crippen LogP contribution is -2.66. The minimum absolute atomic E-state index is 0.0274. The number of nitrogens with zero attached hydrogens (tertiary/aromatic N) is 2. The summed E-state index contributed by atoms with van der Waals surface area (Å²) in [6.45, 7) is 0.0370. The van der Waals surface area contributed by atoms with Crippen molar-refractivity contribution in [1.82, 2.24) is 10.2 Å². The normalized spacial score (nSPS) is 17.2. The molecule has 0 radical (unpaired) electrons. The maximum absolute atomic E-state index is 12.6. The third-order valence-electron chi connectivity index (χ3n) is 5.38. The predicted octanol–water partition coefficient (Wildman–Crippen LogP) is 0.199. The number of nitrogens with one attached hydrogen (secondary N) is 1. The van der Waals surface area contributed by atoms with Crippen LogP contribution in [0.5, 0.6) is 5.75 Å². The van der Waals surface area contributed by atoms with Gasteiger partial charge in [0, 0.05) is 12.0 Å². The lowest BCUT2D eigenvalue weighted by Gasteiger charge is -2.42. The van der Waals surface area contributed by atoms with Crippen LogP contribution in [0.2, 0.25) is 0 Å². The summed E-state index contributed by atoms with van der Waals surface area (Å²) in [6.07, 6.45) is 0.0995. The van der Waals surface area contributed by atoms with E-state index in [9.17, 15) is 29.5 Å². The largest absolute Gasteiger partial charge is 0.494 e. The van der Waals surface area contributed by atoms with Gasteiger partial charge in [-0.25, -0.2) is 4.79 Å². The van der Waals surface area contributed by atoms with Crippen molar-refractivity contribution in [2.24, 2.45) is 10.9 Å². The average Bonchev–Trinajstić information content (AvgIpc) is 2.84. The zero-order chi connectivity index (χ0) is 25.5. The molecule has 2 amide bonds. The minimum Gasteiger partial charge on any atom is -0.494 e. The molecular formula is C23H24N4O8. The first-order chi connectivity index (χ1) is 16.7. The SMILES string of the molecule is NC(CCOc1ccc(C(=NO)C(=O)NC2CN(C(C(=O)O)c3ccccc3)C2=O)cc1)C(=O)O. The molecule has 2 aromatic carbocycles. The number of oxime groups is 1. The molecule has 1 fully saturated rings. The molecule has 0 aromatic heterocycles. The topological polar surface area (TPSA) is 192 Å². The maximum Gasteiger partial charge on any atom is 0.331 e. The predicted molar refractivity (Wildman–Crippen MR) is 121 cm³/mol. The van der Waals surface area contributed by atoms with E-state index < -0.39 is 41.9 Å². The summed E-state index contributed by atoms with van der Waals surface area (Å²) in [5.74, 6) is -3.34. The molecule has 3 atom stereocenters. The summed E-state index contributed by atoms with van der Waals surface area (Å²) in [7, 11) is 0. The van der Waals surface area contributed by atoms with Crippen molar-refractivity contribution >= 4 is 29.5 Å². The first-order valence-electron chi connectivity index (χ1n) is 10.6. The number of hydrogen-bond acceptors (Lipinski definition) is 8. The van der Waals surface area contributed by atoms with E-state index in [-0.39, 0.29) is 30.8 Å². The Bertz CT molecular complexity index is 1120. The van der Waals surface area contributed by atoms with E-state index in [0.29, 0.717) is 11.3 Å². The van der Waals surface area contributed by atoms with Gasteiger partial charge in [0.2, 0.25) is 5.91 Å². The standard InChI is InChI=1S/C23H24N4O8/c24-16(22(30)31)10-11-35-15-8-6-13(7-9-15)18(26-34)20(28)25-17-12-27(21(17)29)19(23(32)33)14-4-2-1-3-5-14/h1-9,16-17,19,34H,10-12,24H2,(H,25,28)(H,30,31)(H,32,33). The Morgan fingerprint density at radius 2 is 1.74 bits per heavy atom. The quantitative estimate of drug-likeness (QED) is 0.128. The van der Waals surface area contributed by atoms with Gasteiger partial charge >= 0.3 is 11.9 Å². The van der Waals surface area contributed by atoms with Crippen LogP contribution in [0.4, 0.5) is 0 Å². The Kier molecular flexibility index (Phi) is 8.00. The highest BCUT2D eigenvalue weighted by Crippen LogP contribution is 2.27. The van der Waals surface area contributed by atoms with Crippen LogP contribution in [0.3, 0.4) is 0 Å².